The molecule has 2 aliphatic heterocycles. The monoisotopic (exact) mass is 537 g/mol. The van der Waals surface area contributed by atoms with Gasteiger partial charge in [-0.3, -0.25) is 9.69 Å². The van der Waals surface area contributed by atoms with Crippen molar-refractivity contribution in [1.82, 2.24) is 4.90 Å². The summed E-state index contributed by atoms with van der Waals surface area (Å²) >= 11 is 6.80. The largest absolute Gasteiger partial charge is 0.492 e. The molecule has 1 saturated carbocycles. The summed E-state index contributed by atoms with van der Waals surface area (Å²) in [7, 11) is 0. The molecule has 2 aromatic rings. The first-order valence-corrected chi connectivity index (χ1v) is 13.9. The van der Waals surface area contributed by atoms with E-state index in [1.165, 1.54) is 0 Å². The van der Waals surface area contributed by atoms with Crippen LogP contribution in [0.1, 0.15) is 76.3 Å². The van der Waals surface area contributed by atoms with Gasteiger partial charge in [-0.1, -0.05) is 36.2 Å². The quantitative estimate of drug-likeness (QED) is 0.405. The number of fused-ring (bicyclic) bond motifs is 3. The van der Waals surface area contributed by atoms with Gasteiger partial charge in [-0.15, -0.1) is 0 Å². The number of ether oxygens (including phenoxy) is 1. The molecule has 3 fully saturated rings. The van der Waals surface area contributed by atoms with Crippen LogP contribution in [0, 0.1) is 17.8 Å². The van der Waals surface area contributed by atoms with Crippen LogP contribution in [0.15, 0.2) is 30.3 Å². The molecule has 2 saturated heterocycles. The maximum atomic E-state index is 13.0. The Hall–Kier alpha value is -1.99. The second-order valence-corrected chi connectivity index (χ2v) is 11.7. The van der Waals surface area contributed by atoms with Gasteiger partial charge in [0.2, 0.25) is 0 Å². The van der Waals surface area contributed by atoms with Gasteiger partial charge in [-0.05, 0) is 87.3 Å². The summed E-state index contributed by atoms with van der Waals surface area (Å²) in [6, 6.07) is 10.8. The summed E-state index contributed by atoms with van der Waals surface area (Å²) in [5.41, 5.74) is 1.14. The predicted molar refractivity (Wildman–Crippen MR) is 138 cm³/mol. The number of nitrogens with zero attached hydrogens (tertiary/aromatic N) is 1. The minimum atomic E-state index is -4.10. The lowest BCUT2D eigenvalue weighted by Crippen LogP contribution is -2.53. The molecule has 1 N–H and O–H groups in total. The van der Waals surface area contributed by atoms with E-state index in [1.807, 2.05) is 12.1 Å². The average Bonchev–Trinajstić information content (AvgIpc) is 2.86. The molecular weight excluding hydrogens is 503 g/mol. The Balaban J connectivity index is 1.29. The maximum Gasteiger partial charge on any atom is 0.391 e. The summed E-state index contributed by atoms with van der Waals surface area (Å²) in [5.74, 6) is -1.46. The Kier molecular flexibility index (Phi) is 7.65. The number of alkyl halides is 3. The van der Waals surface area contributed by atoms with Crippen LogP contribution < -0.4 is 4.74 Å². The number of carboxylic acids is 1. The second kappa shape index (κ2) is 10.6. The molecule has 37 heavy (non-hydrogen) atoms. The topological polar surface area (TPSA) is 49.8 Å². The van der Waals surface area contributed by atoms with Gasteiger partial charge in [0.25, 0.3) is 0 Å². The van der Waals surface area contributed by atoms with Gasteiger partial charge in [0, 0.05) is 23.5 Å². The van der Waals surface area contributed by atoms with Crippen molar-refractivity contribution in [3.05, 3.63) is 40.9 Å². The zero-order valence-corrected chi connectivity index (χ0v) is 21.9. The minimum Gasteiger partial charge on any atom is -0.492 e. The van der Waals surface area contributed by atoms with Crippen molar-refractivity contribution in [2.24, 2.45) is 17.8 Å². The van der Waals surface area contributed by atoms with Crippen molar-refractivity contribution in [3.63, 3.8) is 0 Å². The van der Waals surface area contributed by atoms with Crippen LogP contribution in [0.25, 0.3) is 10.8 Å². The van der Waals surface area contributed by atoms with E-state index < -0.39 is 18.1 Å². The lowest BCUT2D eigenvalue weighted by atomic mass is 9.77. The third-order valence-corrected chi connectivity index (χ3v) is 9.43. The average molecular weight is 538 g/mol. The van der Waals surface area contributed by atoms with Crippen LogP contribution in [0.2, 0.25) is 5.02 Å². The smallest absolute Gasteiger partial charge is 0.391 e. The molecule has 0 aromatic heterocycles. The van der Waals surface area contributed by atoms with E-state index in [9.17, 15) is 23.1 Å². The number of piperidine rings is 2. The Morgan fingerprint density at radius 2 is 1.73 bits per heavy atom. The first-order chi connectivity index (χ1) is 17.6. The molecule has 0 amide bonds. The molecule has 1 aliphatic carbocycles. The summed E-state index contributed by atoms with van der Waals surface area (Å²) in [6.07, 6.45) is 1.85. The normalized spacial score (nSPS) is 29.7. The number of hydrogen-bond donors (Lipinski definition) is 1. The van der Waals surface area contributed by atoms with Crippen molar-refractivity contribution in [2.45, 2.75) is 89.0 Å². The van der Waals surface area contributed by atoms with E-state index in [0.29, 0.717) is 43.1 Å². The van der Waals surface area contributed by atoms with Gasteiger partial charge in [-0.25, -0.2) is 0 Å². The molecule has 3 unspecified atom stereocenters. The third kappa shape index (κ3) is 5.58. The lowest BCUT2D eigenvalue weighted by molar-refractivity contribution is -0.184. The Morgan fingerprint density at radius 3 is 2.35 bits per heavy atom. The molecule has 0 spiro atoms. The highest BCUT2D eigenvalue weighted by atomic mass is 35.5. The molecule has 4 nitrogen and oxygen atoms in total. The fourth-order valence-electron chi connectivity index (χ4n) is 6.94. The summed E-state index contributed by atoms with van der Waals surface area (Å²) in [6.45, 7) is 2.56. The van der Waals surface area contributed by atoms with Crippen LogP contribution in [-0.4, -0.2) is 40.8 Å². The third-order valence-electron chi connectivity index (χ3n) is 9.04. The fourth-order valence-corrected chi connectivity index (χ4v) is 7.22. The zero-order chi connectivity index (χ0) is 26.3. The molecule has 0 radical (unpaired) electrons. The molecule has 3 atom stereocenters. The van der Waals surface area contributed by atoms with Crippen molar-refractivity contribution in [1.29, 1.82) is 0 Å². The molecule has 2 heterocycles. The van der Waals surface area contributed by atoms with Crippen LogP contribution in [0.3, 0.4) is 0 Å². The molecule has 202 valence electrons. The highest BCUT2D eigenvalue weighted by Crippen LogP contribution is 2.44. The minimum absolute atomic E-state index is 0.102. The second-order valence-electron chi connectivity index (χ2n) is 11.3. The van der Waals surface area contributed by atoms with Crippen molar-refractivity contribution in [3.8, 4) is 5.75 Å². The first-order valence-electron chi connectivity index (χ1n) is 13.5. The van der Waals surface area contributed by atoms with Gasteiger partial charge >= 0.3 is 12.1 Å². The zero-order valence-electron chi connectivity index (χ0n) is 21.1. The molecule has 2 aromatic carbocycles. The van der Waals surface area contributed by atoms with E-state index in [4.69, 9.17) is 16.3 Å². The number of hydrogen-bond acceptors (Lipinski definition) is 3. The van der Waals surface area contributed by atoms with Crippen molar-refractivity contribution >= 4 is 28.3 Å². The summed E-state index contributed by atoms with van der Waals surface area (Å²) in [5, 5.41) is 12.0. The molecule has 3 aliphatic rings. The maximum absolute atomic E-state index is 13.0. The van der Waals surface area contributed by atoms with Gasteiger partial charge in [0.15, 0.2) is 0 Å². The van der Waals surface area contributed by atoms with Crippen molar-refractivity contribution in [2.75, 3.05) is 6.61 Å². The first kappa shape index (κ1) is 26.6. The van der Waals surface area contributed by atoms with Crippen LogP contribution in [-0.2, 0) is 4.79 Å². The van der Waals surface area contributed by atoms with E-state index in [0.717, 1.165) is 35.6 Å². The molecule has 2 bridgehead atoms. The van der Waals surface area contributed by atoms with Gasteiger partial charge in [0.1, 0.15) is 5.75 Å². The highest BCUT2D eigenvalue weighted by molar-refractivity contribution is 6.37. The van der Waals surface area contributed by atoms with E-state index >= 15 is 0 Å². The Bertz CT molecular complexity index is 1120. The number of carbonyl (C=O) groups is 1. The van der Waals surface area contributed by atoms with Crippen LogP contribution in [0.4, 0.5) is 13.2 Å². The van der Waals surface area contributed by atoms with Gasteiger partial charge in [0.05, 0.1) is 23.5 Å². The molecule has 8 heteroatoms. The number of carboxylic acid groups (broad SMARTS) is 1. The number of benzene rings is 2. The Labute approximate surface area is 221 Å². The van der Waals surface area contributed by atoms with Crippen molar-refractivity contribution < 1.29 is 27.8 Å². The number of halogens is 4. The number of rotatable bonds is 6. The Morgan fingerprint density at radius 1 is 1.08 bits per heavy atom. The predicted octanol–water partition coefficient (Wildman–Crippen LogP) is 8.02. The van der Waals surface area contributed by atoms with E-state index in [2.05, 4.69) is 30.0 Å². The summed E-state index contributed by atoms with van der Waals surface area (Å²) < 4.78 is 44.9. The van der Waals surface area contributed by atoms with E-state index in [-0.39, 0.29) is 42.8 Å². The molecule has 5 rings (SSSR count). The fraction of sp³-hybridized carbons (Fsp3) is 0.621. The number of aliphatic carboxylic acids is 1. The lowest BCUT2D eigenvalue weighted by Gasteiger charge is -2.51. The standard InChI is InChI=1S/C29H35ClF3NO3/c1-17(34-23-3-2-4-24(34)14-21(13-23)28(35)36)20-8-7-19-9-12-26(27(30)25(19)15-20)37-16-18-5-10-22(11-6-18)29(31,32)33/h7-9,12,15,17-18,21-24H,2-6,10-11,13-14,16H2,1H3,(H,35,36). The van der Waals surface area contributed by atoms with Gasteiger partial charge < -0.3 is 9.84 Å². The van der Waals surface area contributed by atoms with Crippen LogP contribution in [0.5, 0.6) is 5.75 Å². The summed E-state index contributed by atoms with van der Waals surface area (Å²) in [4.78, 5) is 14.2. The SMILES string of the molecule is CC(c1ccc2ccc(OCC3CCC(C(F)(F)F)CC3)c(Cl)c2c1)N1C2CCCC1CC(C(=O)O)C2. The van der Waals surface area contributed by atoms with Crippen LogP contribution >= 0.6 is 11.6 Å². The molecular formula is C29H35ClF3NO3. The van der Waals surface area contributed by atoms with Gasteiger partial charge in [-0.2, -0.15) is 13.2 Å². The van der Waals surface area contributed by atoms with E-state index in [1.54, 1.807) is 0 Å². The highest BCUT2D eigenvalue weighted by Gasteiger charge is 2.43.